The Kier molecular flexibility index (Phi) is 5.85. The fourth-order valence-corrected chi connectivity index (χ4v) is 2.90. The molecule has 1 unspecified atom stereocenters. The second-order valence-corrected chi connectivity index (χ2v) is 6.04. The van der Waals surface area contributed by atoms with Gasteiger partial charge in [0.2, 0.25) is 0 Å². The molecule has 0 spiro atoms. The van der Waals surface area contributed by atoms with Gasteiger partial charge in [0.1, 0.15) is 0 Å². The smallest absolute Gasteiger partial charge is 0.0777 e. The first-order valence-corrected chi connectivity index (χ1v) is 7.97. The molecule has 0 fully saturated rings. The number of halogens is 3. The molecule has 1 atom stereocenters. The largest absolute Gasteiger partial charge is 0.305 e. The molecule has 2 nitrogen and oxygen atoms in total. The summed E-state index contributed by atoms with van der Waals surface area (Å²) in [6.45, 7) is 2.99. The van der Waals surface area contributed by atoms with E-state index in [1.54, 1.807) is 12.3 Å². The van der Waals surface area contributed by atoms with Crippen LogP contribution in [-0.4, -0.2) is 11.5 Å². The van der Waals surface area contributed by atoms with Crippen LogP contribution in [-0.2, 0) is 0 Å². The summed E-state index contributed by atoms with van der Waals surface area (Å²) in [7, 11) is 0. The molecule has 5 heteroatoms. The Hall–Kier alpha value is -0.610. The molecule has 106 valence electrons. The van der Waals surface area contributed by atoms with E-state index in [4.69, 9.17) is 23.2 Å². The topological polar surface area (TPSA) is 24.9 Å². The van der Waals surface area contributed by atoms with Gasteiger partial charge in [-0.15, -0.1) is 0 Å². The fraction of sp³-hybridized carbons (Fsp3) is 0.267. The molecule has 1 aromatic heterocycles. The van der Waals surface area contributed by atoms with E-state index in [-0.39, 0.29) is 6.04 Å². The van der Waals surface area contributed by atoms with E-state index in [2.05, 4.69) is 33.2 Å². The number of nitrogens with one attached hydrogen (secondary N) is 1. The Labute approximate surface area is 137 Å². The van der Waals surface area contributed by atoms with E-state index < -0.39 is 0 Å². The van der Waals surface area contributed by atoms with E-state index in [9.17, 15) is 0 Å². The first-order chi connectivity index (χ1) is 9.65. The maximum Gasteiger partial charge on any atom is 0.0777 e. The summed E-state index contributed by atoms with van der Waals surface area (Å²) in [5, 5.41) is 4.60. The van der Waals surface area contributed by atoms with Crippen LogP contribution in [0.5, 0.6) is 0 Å². The van der Waals surface area contributed by atoms with Gasteiger partial charge >= 0.3 is 0 Å². The van der Waals surface area contributed by atoms with Crippen molar-refractivity contribution in [2.24, 2.45) is 0 Å². The lowest BCUT2D eigenvalue weighted by atomic mass is 10.0. The number of pyridine rings is 1. The minimum absolute atomic E-state index is 0.0864. The number of nitrogens with zero attached hydrogens (tertiary/aromatic N) is 1. The zero-order valence-electron chi connectivity index (χ0n) is 11.0. The van der Waals surface area contributed by atoms with Gasteiger partial charge in [-0.3, -0.25) is 4.98 Å². The molecule has 2 aromatic rings. The van der Waals surface area contributed by atoms with Gasteiger partial charge < -0.3 is 5.32 Å². The van der Waals surface area contributed by atoms with Gasteiger partial charge in [-0.2, -0.15) is 0 Å². The van der Waals surface area contributed by atoms with Crippen LogP contribution in [0.4, 0.5) is 0 Å². The summed E-state index contributed by atoms with van der Waals surface area (Å²) in [5.74, 6) is 0. The van der Waals surface area contributed by atoms with Crippen LogP contribution >= 0.6 is 39.1 Å². The van der Waals surface area contributed by atoms with Crippen molar-refractivity contribution >= 4 is 39.1 Å². The number of hydrogen-bond acceptors (Lipinski definition) is 2. The van der Waals surface area contributed by atoms with Crippen molar-refractivity contribution in [3.8, 4) is 0 Å². The summed E-state index contributed by atoms with van der Waals surface area (Å²) in [6, 6.07) is 9.45. The standard InChI is InChI=1S/C15H15BrCl2N2/c1-2-8-19-14(15-11(16)6-4-9-20-15)10-5-3-7-12(17)13(10)18/h3-7,9,14,19H,2,8H2,1H3. The molecule has 0 aliphatic carbocycles. The summed E-state index contributed by atoms with van der Waals surface area (Å²) >= 11 is 16.0. The maximum atomic E-state index is 6.35. The van der Waals surface area contributed by atoms with Gasteiger partial charge in [0.15, 0.2) is 0 Å². The van der Waals surface area contributed by atoms with Gasteiger partial charge in [0.25, 0.3) is 0 Å². The third-order valence-corrected chi connectivity index (χ3v) is 4.46. The van der Waals surface area contributed by atoms with E-state index >= 15 is 0 Å². The lowest BCUT2D eigenvalue weighted by Gasteiger charge is -2.21. The van der Waals surface area contributed by atoms with Crippen LogP contribution in [0.15, 0.2) is 41.0 Å². The highest BCUT2D eigenvalue weighted by atomic mass is 79.9. The van der Waals surface area contributed by atoms with E-state index in [1.165, 1.54) is 0 Å². The average Bonchev–Trinajstić information content (AvgIpc) is 2.45. The van der Waals surface area contributed by atoms with E-state index in [0.717, 1.165) is 28.7 Å². The summed E-state index contributed by atoms with van der Waals surface area (Å²) in [6.07, 6.45) is 2.80. The Morgan fingerprint density at radius 2 is 2.05 bits per heavy atom. The van der Waals surface area contributed by atoms with Crippen molar-refractivity contribution in [1.82, 2.24) is 10.3 Å². The Bertz CT molecular complexity index is 590. The SMILES string of the molecule is CCCNC(c1cccc(Cl)c1Cl)c1ncccc1Br. The van der Waals surface area contributed by atoms with Crippen LogP contribution in [0.1, 0.15) is 30.6 Å². The van der Waals surface area contributed by atoms with Crippen molar-refractivity contribution in [2.75, 3.05) is 6.54 Å². The zero-order valence-corrected chi connectivity index (χ0v) is 14.1. The predicted octanol–water partition coefficient (Wildman–Crippen LogP) is 5.24. The van der Waals surface area contributed by atoms with Crippen LogP contribution in [0, 0.1) is 0 Å². The minimum Gasteiger partial charge on any atom is -0.305 e. The molecule has 0 bridgehead atoms. The van der Waals surface area contributed by atoms with Crippen molar-refractivity contribution in [3.05, 3.63) is 62.3 Å². The van der Waals surface area contributed by atoms with Crippen molar-refractivity contribution < 1.29 is 0 Å². The number of benzene rings is 1. The van der Waals surface area contributed by atoms with Gasteiger partial charge in [0, 0.05) is 10.7 Å². The molecule has 0 saturated heterocycles. The number of rotatable bonds is 5. The molecule has 2 rings (SSSR count). The third-order valence-electron chi connectivity index (χ3n) is 2.95. The van der Waals surface area contributed by atoms with Crippen molar-refractivity contribution in [3.63, 3.8) is 0 Å². The number of aromatic nitrogens is 1. The predicted molar refractivity (Wildman–Crippen MR) is 88.5 cm³/mol. The fourth-order valence-electron chi connectivity index (χ4n) is 2.00. The van der Waals surface area contributed by atoms with Gasteiger partial charge in [0.05, 0.1) is 21.8 Å². The van der Waals surface area contributed by atoms with Crippen molar-refractivity contribution in [2.45, 2.75) is 19.4 Å². The second-order valence-electron chi connectivity index (χ2n) is 4.40. The van der Waals surface area contributed by atoms with Crippen LogP contribution in [0.3, 0.4) is 0 Å². The normalized spacial score (nSPS) is 12.4. The van der Waals surface area contributed by atoms with Crippen molar-refractivity contribution in [1.29, 1.82) is 0 Å². The maximum absolute atomic E-state index is 6.35. The number of hydrogen-bond donors (Lipinski definition) is 1. The highest BCUT2D eigenvalue weighted by molar-refractivity contribution is 9.10. The zero-order chi connectivity index (χ0) is 14.5. The molecular formula is C15H15BrCl2N2. The van der Waals surface area contributed by atoms with E-state index in [0.29, 0.717) is 10.0 Å². The molecule has 0 radical (unpaired) electrons. The average molecular weight is 374 g/mol. The molecule has 1 aromatic carbocycles. The summed E-state index contributed by atoms with van der Waals surface area (Å²) < 4.78 is 0.949. The van der Waals surface area contributed by atoms with Gasteiger partial charge in [-0.05, 0) is 52.7 Å². The Morgan fingerprint density at radius 1 is 1.25 bits per heavy atom. The van der Waals surface area contributed by atoms with Gasteiger partial charge in [-0.25, -0.2) is 0 Å². The Balaban J connectivity index is 2.47. The quantitative estimate of drug-likeness (QED) is 0.775. The lowest BCUT2D eigenvalue weighted by Crippen LogP contribution is -2.24. The molecule has 0 aliphatic heterocycles. The monoisotopic (exact) mass is 372 g/mol. The minimum atomic E-state index is -0.0864. The highest BCUT2D eigenvalue weighted by Crippen LogP contribution is 2.34. The third kappa shape index (κ3) is 3.53. The first kappa shape index (κ1) is 15.8. The first-order valence-electron chi connectivity index (χ1n) is 6.42. The molecule has 0 saturated carbocycles. The highest BCUT2D eigenvalue weighted by Gasteiger charge is 2.20. The molecule has 0 aliphatic rings. The van der Waals surface area contributed by atoms with E-state index in [1.807, 2.05) is 24.3 Å². The molecular weight excluding hydrogens is 359 g/mol. The van der Waals surface area contributed by atoms with Crippen LogP contribution < -0.4 is 5.32 Å². The summed E-state index contributed by atoms with van der Waals surface area (Å²) in [5.41, 5.74) is 1.84. The lowest BCUT2D eigenvalue weighted by molar-refractivity contribution is 0.584. The molecule has 1 N–H and O–H groups in total. The van der Waals surface area contributed by atoms with Gasteiger partial charge in [-0.1, -0.05) is 42.3 Å². The Morgan fingerprint density at radius 3 is 2.75 bits per heavy atom. The van der Waals surface area contributed by atoms with Crippen LogP contribution in [0.25, 0.3) is 0 Å². The molecule has 1 heterocycles. The second kappa shape index (κ2) is 7.41. The summed E-state index contributed by atoms with van der Waals surface area (Å²) in [4.78, 5) is 4.47. The molecule has 20 heavy (non-hydrogen) atoms. The molecule has 0 amide bonds. The van der Waals surface area contributed by atoms with Crippen LogP contribution in [0.2, 0.25) is 10.0 Å².